The van der Waals surface area contributed by atoms with Crippen molar-refractivity contribution in [2.75, 3.05) is 26.3 Å². The number of carbonyl (C=O) groups is 1. The molecule has 1 saturated heterocycles. The van der Waals surface area contributed by atoms with E-state index in [9.17, 15) is 18.0 Å². The molecular weight excluding hydrogens is 371 g/mol. The Morgan fingerprint density at radius 2 is 1.86 bits per heavy atom. The molecule has 8 heteroatoms. The predicted octanol–water partition coefficient (Wildman–Crippen LogP) is 1.88. The molecule has 2 N–H and O–H groups in total. The largest absolute Gasteiger partial charge is 0.416 e. The SMILES string of the molecule is O=C(N/N=C\c1cccc(C(F)(F)F)c1)c1ccc(C[NH+]2CCOCC2)cc1. The molecule has 28 heavy (non-hydrogen) atoms. The van der Waals surface area contributed by atoms with Gasteiger partial charge in [-0.15, -0.1) is 0 Å². The number of carbonyl (C=O) groups excluding carboxylic acids is 1. The van der Waals surface area contributed by atoms with E-state index in [1.54, 1.807) is 12.1 Å². The van der Waals surface area contributed by atoms with Crippen molar-refractivity contribution in [1.82, 2.24) is 5.43 Å². The van der Waals surface area contributed by atoms with Crippen LogP contribution in [0.2, 0.25) is 0 Å². The van der Waals surface area contributed by atoms with Crippen LogP contribution >= 0.6 is 0 Å². The smallest absolute Gasteiger partial charge is 0.370 e. The first-order chi connectivity index (χ1) is 13.4. The van der Waals surface area contributed by atoms with Crippen molar-refractivity contribution in [2.24, 2.45) is 5.10 Å². The summed E-state index contributed by atoms with van der Waals surface area (Å²) >= 11 is 0. The molecule has 3 rings (SSSR count). The van der Waals surface area contributed by atoms with Gasteiger partial charge in [0.15, 0.2) is 0 Å². The molecule has 2 aromatic rings. The third-order valence-corrected chi connectivity index (χ3v) is 4.46. The van der Waals surface area contributed by atoms with E-state index in [4.69, 9.17) is 4.74 Å². The fourth-order valence-corrected chi connectivity index (χ4v) is 2.92. The Balaban J connectivity index is 1.55. The van der Waals surface area contributed by atoms with Gasteiger partial charge in [0.1, 0.15) is 19.6 Å². The number of benzene rings is 2. The van der Waals surface area contributed by atoms with Crippen LogP contribution in [-0.2, 0) is 17.5 Å². The first kappa shape index (κ1) is 20.0. The molecule has 0 aliphatic carbocycles. The number of hydrogen-bond acceptors (Lipinski definition) is 3. The first-order valence-corrected chi connectivity index (χ1v) is 8.93. The normalized spacial score (nSPS) is 15.7. The molecule has 0 bridgehead atoms. The van der Waals surface area contributed by atoms with Gasteiger partial charge in [-0.2, -0.15) is 18.3 Å². The van der Waals surface area contributed by atoms with Crippen LogP contribution < -0.4 is 10.3 Å². The first-order valence-electron chi connectivity index (χ1n) is 8.93. The van der Waals surface area contributed by atoms with Crippen molar-refractivity contribution in [3.63, 3.8) is 0 Å². The number of quaternary nitrogens is 1. The third-order valence-electron chi connectivity index (χ3n) is 4.46. The molecule has 0 radical (unpaired) electrons. The van der Waals surface area contributed by atoms with Crippen LogP contribution in [-0.4, -0.2) is 38.4 Å². The van der Waals surface area contributed by atoms with Gasteiger partial charge in [-0.25, -0.2) is 5.43 Å². The van der Waals surface area contributed by atoms with Gasteiger partial charge in [0, 0.05) is 11.1 Å². The number of nitrogens with zero attached hydrogens (tertiary/aromatic N) is 1. The Hall–Kier alpha value is -2.71. The number of morpholine rings is 1. The number of alkyl halides is 3. The van der Waals surface area contributed by atoms with E-state index < -0.39 is 17.6 Å². The Bertz CT molecular complexity index is 829. The van der Waals surface area contributed by atoms with Gasteiger partial charge in [-0.3, -0.25) is 4.79 Å². The fraction of sp³-hybridized carbons (Fsp3) is 0.300. The zero-order valence-corrected chi connectivity index (χ0v) is 15.1. The summed E-state index contributed by atoms with van der Waals surface area (Å²) in [6.45, 7) is 4.33. The highest BCUT2D eigenvalue weighted by Gasteiger charge is 2.30. The maximum atomic E-state index is 12.7. The topological polar surface area (TPSA) is 55.1 Å². The molecule has 5 nitrogen and oxygen atoms in total. The van der Waals surface area contributed by atoms with Crippen molar-refractivity contribution >= 4 is 12.1 Å². The number of nitrogens with one attached hydrogen (secondary N) is 2. The fourth-order valence-electron chi connectivity index (χ4n) is 2.92. The van der Waals surface area contributed by atoms with Gasteiger partial charge < -0.3 is 9.64 Å². The molecular formula is C20H21F3N3O2+. The Kier molecular flexibility index (Phi) is 6.43. The van der Waals surface area contributed by atoms with Crippen molar-refractivity contribution < 1.29 is 27.6 Å². The van der Waals surface area contributed by atoms with Crippen LogP contribution in [0.5, 0.6) is 0 Å². The monoisotopic (exact) mass is 392 g/mol. The second kappa shape index (κ2) is 8.99. The highest BCUT2D eigenvalue weighted by Crippen LogP contribution is 2.29. The van der Waals surface area contributed by atoms with Crippen LogP contribution in [0.25, 0.3) is 0 Å². The van der Waals surface area contributed by atoms with Gasteiger partial charge in [-0.05, 0) is 29.8 Å². The lowest BCUT2D eigenvalue weighted by Gasteiger charge is -2.23. The molecule has 0 saturated carbocycles. The van der Waals surface area contributed by atoms with E-state index in [-0.39, 0.29) is 5.56 Å². The second-order valence-corrected chi connectivity index (χ2v) is 6.56. The summed E-state index contributed by atoms with van der Waals surface area (Å²) < 4.78 is 43.4. The van der Waals surface area contributed by atoms with E-state index >= 15 is 0 Å². The maximum absolute atomic E-state index is 12.7. The Labute approximate surface area is 160 Å². The molecule has 0 unspecified atom stereocenters. The van der Waals surface area contributed by atoms with E-state index in [2.05, 4.69) is 10.5 Å². The number of hydrogen-bond donors (Lipinski definition) is 2. The van der Waals surface area contributed by atoms with E-state index in [0.29, 0.717) is 5.56 Å². The molecule has 1 aliphatic rings. The lowest BCUT2D eigenvalue weighted by molar-refractivity contribution is -0.921. The molecule has 1 aliphatic heterocycles. The minimum atomic E-state index is -4.42. The second-order valence-electron chi connectivity index (χ2n) is 6.56. The van der Waals surface area contributed by atoms with Gasteiger partial charge in [0.25, 0.3) is 5.91 Å². The van der Waals surface area contributed by atoms with Crippen molar-refractivity contribution in [2.45, 2.75) is 12.7 Å². The third kappa shape index (κ3) is 5.64. The molecule has 1 heterocycles. The molecule has 0 aromatic heterocycles. The zero-order chi connectivity index (χ0) is 20.0. The quantitative estimate of drug-likeness (QED) is 0.603. The highest BCUT2D eigenvalue weighted by molar-refractivity contribution is 5.94. The summed E-state index contributed by atoms with van der Waals surface area (Å²) in [6, 6.07) is 11.9. The standard InChI is InChI=1S/C20H20F3N3O2/c21-20(22,23)18-3-1-2-16(12-18)13-24-25-19(27)17-6-4-15(5-7-17)14-26-8-10-28-11-9-26/h1-7,12-13H,8-11,14H2,(H,25,27)/p+1/b24-13-. The molecule has 0 spiro atoms. The summed E-state index contributed by atoms with van der Waals surface area (Å²) in [6.07, 6.45) is -3.24. The van der Waals surface area contributed by atoms with Crippen LogP contribution in [0.15, 0.2) is 53.6 Å². The average molecular weight is 392 g/mol. The molecule has 0 atom stereocenters. The lowest BCUT2D eigenvalue weighted by atomic mass is 10.1. The molecule has 1 fully saturated rings. The van der Waals surface area contributed by atoms with E-state index in [1.165, 1.54) is 23.2 Å². The van der Waals surface area contributed by atoms with Crippen LogP contribution in [0.1, 0.15) is 27.0 Å². The highest BCUT2D eigenvalue weighted by atomic mass is 19.4. The van der Waals surface area contributed by atoms with Crippen LogP contribution in [0.3, 0.4) is 0 Å². The number of amides is 1. The molecule has 148 valence electrons. The number of ether oxygens (including phenoxy) is 1. The van der Waals surface area contributed by atoms with Gasteiger partial charge >= 0.3 is 6.18 Å². The van der Waals surface area contributed by atoms with Crippen molar-refractivity contribution in [3.05, 3.63) is 70.8 Å². The maximum Gasteiger partial charge on any atom is 0.416 e. The van der Waals surface area contributed by atoms with E-state index in [0.717, 1.165) is 50.5 Å². The van der Waals surface area contributed by atoms with Gasteiger partial charge in [-0.1, -0.05) is 24.3 Å². The summed E-state index contributed by atoms with van der Waals surface area (Å²) in [5.41, 5.74) is 3.38. The van der Waals surface area contributed by atoms with Crippen LogP contribution in [0.4, 0.5) is 13.2 Å². The van der Waals surface area contributed by atoms with E-state index in [1.807, 2.05) is 12.1 Å². The summed E-state index contributed by atoms with van der Waals surface area (Å²) in [5.74, 6) is -0.423. The summed E-state index contributed by atoms with van der Waals surface area (Å²) in [7, 11) is 0. The molecule has 2 aromatic carbocycles. The Morgan fingerprint density at radius 1 is 1.14 bits per heavy atom. The molecule has 1 amide bonds. The lowest BCUT2D eigenvalue weighted by Crippen LogP contribution is -3.12. The predicted molar refractivity (Wildman–Crippen MR) is 98.2 cm³/mol. The van der Waals surface area contributed by atoms with Crippen molar-refractivity contribution in [3.8, 4) is 0 Å². The number of halogens is 3. The number of hydrazone groups is 1. The van der Waals surface area contributed by atoms with Gasteiger partial charge in [0.2, 0.25) is 0 Å². The summed E-state index contributed by atoms with van der Waals surface area (Å²) in [4.78, 5) is 13.6. The van der Waals surface area contributed by atoms with Crippen molar-refractivity contribution in [1.29, 1.82) is 0 Å². The zero-order valence-electron chi connectivity index (χ0n) is 15.1. The Morgan fingerprint density at radius 3 is 2.54 bits per heavy atom. The minimum Gasteiger partial charge on any atom is -0.370 e. The van der Waals surface area contributed by atoms with Crippen LogP contribution in [0, 0.1) is 0 Å². The van der Waals surface area contributed by atoms with Gasteiger partial charge in [0.05, 0.1) is 25.0 Å². The minimum absolute atomic E-state index is 0.249. The number of rotatable bonds is 5. The summed E-state index contributed by atoms with van der Waals surface area (Å²) in [5, 5.41) is 3.75. The average Bonchev–Trinajstić information content (AvgIpc) is 2.69.